The van der Waals surface area contributed by atoms with E-state index in [1.165, 1.54) is 11.1 Å². The molecule has 1 fully saturated rings. The molecule has 1 aliphatic heterocycles. The van der Waals surface area contributed by atoms with Crippen molar-refractivity contribution in [3.63, 3.8) is 0 Å². The molecular weight excluding hydrogens is 258 g/mol. The van der Waals surface area contributed by atoms with Gasteiger partial charge in [-0.15, -0.1) is 0 Å². The fraction of sp³-hybridized carbons (Fsp3) is 0.600. The van der Waals surface area contributed by atoms with E-state index in [0.29, 0.717) is 11.4 Å². The Hall–Kier alpha value is -0.870. The molecule has 2 aliphatic rings. The summed E-state index contributed by atoms with van der Waals surface area (Å²) < 4.78 is 27.2. The van der Waals surface area contributed by atoms with Gasteiger partial charge in [0, 0.05) is 12.6 Å². The monoisotopic (exact) mass is 279 g/mol. The Morgan fingerprint density at radius 1 is 1.21 bits per heavy atom. The van der Waals surface area contributed by atoms with Crippen LogP contribution in [0.1, 0.15) is 43.7 Å². The van der Waals surface area contributed by atoms with Gasteiger partial charge >= 0.3 is 0 Å². The topological polar surface area (TPSA) is 37.4 Å². The zero-order chi connectivity index (χ0) is 13.5. The van der Waals surface area contributed by atoms with Crippen LogP contribution in [0.15, 0.2) is 23.1 Å². The van der Waals surface area contributed by atoms with Crippen LogP contribution in [0.4, 0.5) is 0 Å². The highest BCUT2D eigenvalue weighted by molar-refractivity contribution is 7.89. The average molecular weight is 279 g/mol. The van der Waals surface area contributed by atoms with Crippen LogP contribution in [-0.2, 0) is 22.9 Å². The lowest BCUT2D eigenvalue weighted by molar-refractivity contribution is 0.379. The Labute approximate surface area is 115 Å². The zero-order valence-corrected chi connectivity index (χ0v) is 12.2. The number of rotatable bonds is 3. The first-order valence-electron chi connectivity index (χ1n) is 7.26. The van der Waals surface area contributed by atoms with Gasteiger partial charge in [-0.3, -0.25) is 0 Å². The Balaban J connectivity index is 1.96. The molecule has 0 N–H and O–H groups in total. The van der Waals surface area contributed by atoms with E-state index in [1.807, 2.05) is 12.1 Å². The maximum absolute atomic E-state index is 12.7. The lowest BCUT2D eigenvalue weighted by Gasteiger charge is -2.23. The highest BCUT2D eigenvalue weighted by atomic mass is 32.2. The van der Waals surface area contributed by atoms with Gasteiger partial charge in [0.25, 0.3) is 0 Å². The standard InChI is InChI=1S/C15H21NO2S/c1-2-14-7-4-10-16(14)19(17,18)15-9-8-12-5-3-6-13(12)11-15/h8-9,11,14H,2-7,10H2,1H3. The number of fused-ring (bicyclic) bond motifs is 1. The Kier molecular flexibility index (Phi) is 3.39. The van der Waals surface area contributed by atoms with Gasteiger partial charge in [-0.2, -0.15) is 4.31 Å². The van der Waals surface area contributed by atoms with E-state index < -0.39 is 10.0 Å². The minimum absolute atomic E-state index is 0.193. The van der Waals surface area contributed by atoms with Gasteiger partial charge in [0.15, 0.2) is 0 Å². The second kappa shape index (κ2) is 4.91. The first-order chi connectivity index (χ1) is 9.13. The molecule has 1 aromatic carbocycles. The Bertz CT molecular complexity index is 580. The SMILES string of the molecule is CCC1CCCN1S(=O)(=O)c1ccc2c(c1)CCC2. The van der Waals surface area contributed by atoms with Gasteiger partial charge < -0.3 is 0 Å². The van der Waals surface area contributed by atoms with Crippen LogP contribution < -0.4 is 0 Å². The molecule has 0 saturated carbocycles. The number of nitrogens with zero attached hydrogens (tertiary/aromatic N) is 1. The zero-order valence-electron chi connectivity index (χ0n) is 11.4. The quantitative estimate of drug-likeness (QED) is 0.853. The third-order valence-electron chi connectivity index (χ3n) is 4.47. The van der Waals surface area contributed by atoms with Crippen molar-refractivity contribution in [2.24, 2.45) is 0 Å². The van der Waals surface area contributed by atoms with Crippen molar-refractivity contribution in [1.29, 1.82) is 0 Å². The molecule has 0 bridgehead atoms. The number of hydrogen-bond acceptors (Lipinski definition) is 2. The molecule has 0 amide bonds. The summed E-state index contributed by atoms with van der Waals surface area (Å²) in [5, 5.41) is 0. The summed E-state index contributed by atoms with van der Waals surface area (Å²) in [7, 11) is -3.29. The summed E-state index contributed by atoms with van der Waals surface area (Å²) in [6, 6.07) is 5.90. The summed E-state index contributed by atoms with van der Waals surface area (Å²) in [4.78, 5) is 0.494. The summed E-state index contributed by atoms with van der Waals surface area (Å²) in [6.07, 6.45) is 6.17. The maximum atomic E-state index is 12.7. The summed E-state index contributed by atoms with van der Waals surface area (Å²) in [6.45, 7) is 2.75. The van der Waals surface area contributed by atoms with Gasteiger partial charge in [0.1, 0.15) is 0 Å². The second-order valence-electron chi connectivity index (χ2n) is 5.60. The third-order valence-corrected chi connectivity index (χ3v) is 6.42. The predicted octanol–water partition coefficient (Wildman–Crippen LogP) is 2.74. The highest BCUT2D eigenvalue weighted by Gasteiger charge is 2.34. The molecule has 1 saturated heterocycles. The largest absolute Gasteiger partial charge is 0.243 e. The fourth-order valence-electron chi connectivity index (χ4n) is 3.38. The van der Waals surface area contributed by atoms with Crippen LogP contribution in [0.2, 0.25) is 0 Å². The van der Waals surface area contributed by atoms with E-state index in [4.69, 9.17) is 0 Å². The highest BCUT2D eigenvalue weighted by Crippen LogP contribution is 2.30. The van der Waals surface area contributed by atoms with E-state index in [1.54, 1.807) is 10.4 Å². The molecule has 0 aromatic heterocycles. The molecule has 104 valence electrons. The van der Waals surface area contributed by atoms with E-state index >= 15 is 0 Å². The molecule has 4 heteroatoms. The number of hydrogen-bond donors (Lipinski definition) is 0. The molecule has 3 nitrogen and oxygen atoms in total. The van der Waals surface area contributed by atoms with E-state index in [9.17, 15) is 8.42 Å². The van der Waals surface area contributed by atoms with Crippen molar-refractivity contribution in [3.8, 4) is 0 Å². The minimum Gasteiger partial charge on any atom is -0.207 e. The summed E-state index contributed by atoms with van der Waals surface area (Å²) >= 11 is 0. The fourth-order valence-corrected chi connectivity index (χ4v) is 5.20. The van der Waals surface area contributed by atoms with Crippen molar-refractivity contribution in [2.45, 2.75) is 56.4 Å². The first-order valence-corrected chi connectivity index (χ1v) is 8.70. The van der Waals surface area contributed by atoms with Crippen molar-refractivity contribution >= 4 is 10.0 Å². The van der Waals surface area contributed by atoms with Crippen molar-refractivity contribution in [3.05, 3.63) is 29.3 Å². The van der Waals surface area contributed by atoms with Crippen LogP contribution >= 0.6 is 0 Å². The lowest BCUT2D eigenvalue weighted by atomic mass is 10.1. The number of sulfonamides is 1. The molecule has 3 rings (SSSR count). The Morgan fingerprint density at radius 2 is 2.00 bits per heavy atom. The van der Waals surface area contributed by atoms with Gasteiger partial charge in [0.05, 0.1) is 4.90 Å². The van der Waals surface area contributed by atoms with Gasteiger partial charge in [-0.25, -0.2) is 8.42 Å². The second-order valence-corrected chi connectivity index (χ2v) is 7.49. The minimum atomic E-state index is -3.29. The molecule has 19 heavy (non-hydrogen) atoms. The van der Waals surface area contributed by atoms with Gasteiger partial charge in [0.2, 0.25) is 10.0 Å². The van der Waals surface area contributed by atoms with Crippen LogP contribution in [0.25, 0.3) is 0 Å². The number of aryl methyl sites for hydroxylation is 2. The first kappa shape index (κ1) is 13.1. The van der Waals surface area contributed by atoms with Gasteiger partial charge in [-0.05, 0) is 61.8 Å². The van der Waals surface area contributed by atoms with Crippen molar-refractivity contribution < 1.29 is 8.42 Å². The van der Waals surface area contributed by atoms with E-state index in [2.05, 4.69) is 6.92 Å². The van der Waals surface area contributed by atoms with Crippen LogP contribution in [0, 0.1) is 0 Å². The molecule has 1 aromatic rings. The van der Waals surface area contributed by atoms with Crippen LogP contribution in [-0.4, -0.2) is 25.3 Å². The molecule has 1 atom stereocenters. The molecular formula is C15H21NO2S. The van der Waals surface area contributed by atoms with Crippen LogP contribution in [0.3, 0.4) is 0 Å². The molecule has 0 radical (unpaired) electrons. The van der Waals surface area contributed by atoms with E-state index in [0.717, 1.165) is 38.5 Å². The molecule has 1 aliphatic carbocycles. The number of benzene rings is 1. The summed E-state index contributed by atoms with van der Waals surface area (Å²) in [5.41, 5.74) is 2.56. The predicted molar refractivity (Wildman–Crippen MR) is 75.7 cm³/mol. The normalized spacial score (nSPS) is 23.7. The van der Waals surface area contributed by atoms with Crippen molar-refractivity contribution in [1.82, 2.24) is 4.31 Å². The van der Waals surface area contributed by atoms with Crippen LogP contribution in [0.5, 0.6) is 0 Å². The van der Waals surface area contributed by atoms with Crippen molar-refractivity contribution in [2.75, 3.05) is 6.54 Å². The molecule has 0 spiro atoms. The molecule has 1 heterocycles. The summed E-state index contributed by atoms with van der Waals surface area (Å²) in [5.74, 6) is 0. The lowest BCUT2D eigenvalue weighted by Crippen LogP contribution is -2.35. The smallest absolute Gasteiger partial charge is 0.207 e. The Morgan fingerprint density at radius 3 is 2.79 bits per heavy atom. The molecule has 1 unspecified atom stereocenters. The maximum Gasteiger partial charge on any atom is 0.243 e. The van der Waals surface area contributed by atoms with E-state index in [-0.39, 0.29) is 6.04 Å². The average Bonchev–Trinajstić information content (AvgIpc) is 3.06. The third kappa shape index (κ3) is 2.21. The van der Waals surface area contributed by atoms with Gasteiger partial charge in [-0.1, -0.05) is 13.0 Å².